The van der Waals surface area contributed by atoms with E-state index in [0.29, 0.717) is 0 Å². The molecule has 0 spiro atoms. The van der Waals surface area contributed by atoms with Gasteiger partial charge >= 0.3 is 0 Å². The number of hydrogen-bond acceptors (Lipinski definition) is 3. The van der Waals surface area contributed by atoms with Crippen molar-refractivity contribution in [3.8, 4) is 0 Å². The largest absolute Gasteiger partial charge is 0.516 e. The minimum absolute atomic E-state index is 0.260. The highest BCUT2D eigenvalue weighted by atomic mass is 16.6. The van der Waals surface area contributed by atoms with Gasteiger partial charge in [-0.25, -0.2) is 5.90 Å². The van der Waals surface area contributed by atoms with E-state index >= 15 is 0 Å². The quantitative estimate of drug-likeness (QED) is 0.368. The Morgan fingerprint density at radius 2 is 2.50 bits per heavy atom. The van der Waals surface area contributed by atoms with Gasteiger partial charge in [-0.05, 0) is 6.08 Å². The van der Waals surface area contributed by atoms with Gasteiger partial charge in [-0.1, -0.05) is 0 Å². The molecule has 6 heavy (non-hydrogen) atoms. The lowest BCUT2D eigenvalue weighted by atomic mass is 10.7. The Morgan fingerprint density at radius 3 is 2.67 bits per heavy atom. The molecule has 3 heteroatoms. The summed E-state index contributed by atoms with van der Waals surface area (Å²) in [5.41, 5.74) is 0. The van der Waals surface area contributed by atoms with Gasteiger partial charge in [0.15, 0.2) is 0 Å². The van der Waals surface area contributed by atoms with Crippen LogP contribution in [0, 0.1) is 0 Å². The number of aliphatic hydroxyl groups is 1. The van der Waals surface area contributed by atoms with E-state index in [0.717, 1.165) is 6.26 Å². The maximum absolute atomic E-state index is 7.88. The molecule has 0 aromatic heterocycles. The van der Waals surface area contributed by atoms with Gasteiger partial charge in [0, 0.05) is 0 Å². The first kappa shape index (κ1) is 5.46. The Labute approximate surface area is 36.0 Å². The molecule has 0 aliphatic rings. The number of rotatable bonds is 2. The molecule has 0 amide bonds. The van der Waals surface area contributed by atoms with Crippen LogP contribution in [0.15, 0.2) is 12.3 Å². The summed E-state index contributed by atoms with van der Waals surface area (Å²) in [6.07, 6.45) is 2.27. The summed E-state index contributed by atoms with van der Waals surface area (Å²) in [5, 5.41) is 7.88. The fourth-order valence-electron chi connectivity index (χ4n) is 0.0986. The van der Waals surface area contributed by atoms with Crippen LogP contribution >= 0.6 is 0 Å². The van der Waals surface area contributed by atoms with Crippen molar-refractivity contribution in [3.63, 3.8) is 0 Å². The second-order valence-electron chi connectivity index (χ2n) is 0.718. The molecule has 0 fully saturated rings. The van der Waals surface area contributed by atoms with Gasteiger partial charge in [0.05, 0.1) is 12.9 Å². The molecule has 0 aromatic rings. The summed E-state index contributed by atoms with van der Waals surface area (Å²) in [7, 11) is 0. The standard InChI is InChI=1S/C3H7NO2/c4-6-3-1-2-5/h1-2,5H,3-4H2. The zero-order valence-electron chi connectivity index (χ0n) is 3.29. The molecule has 0 aliphatic heterocycles. The first-order valence-electron chi connectivity index (χ1n) is 1.52. The lowest BCUT2D eigenvalue weighted by Gasteiger charge is -1.80. The van der Waals surface area contributed by atoms with Crippen molar-refractivity contribution in [1.29, 1.82) is 0 Å². The zero-order valence-corrected chi connectivity index (χ0v) is 3.29. The Bertz CT molecular complexity index is 44.1. The third-order valence-corrected chi connectivity index (χ3v) is 0.298. The second-order valence-corrected chi connectivity index (χ2v) is 0.718. The molecular weight excluding hydrogens is 82.0 g/mol. The fourth-order valence-corrected chi connectivity index (χ4v) is 0.0986. The molecule has 0 heterocycles. The molecule has 0 atom stereocenters. The summed E-state index contributed by atoms with van der Waals surface area (Å²) >= 11 is 0. The van der Waals surface area contributed by atoms with Crippen LogP contribution in [0.25, 0.3) is 0 Å². The van der Waals surface area contributed by atoms with Crippen LogP contribution in [0.1, 0.15) is 0 Å². The highest BCUT2D eigenvalue weighted by molar-refractivity contribution is 4.68. The summed E-state index contributed by atoms with van der Waals surface area (Å²) in [5.74, 6) is 4.55. The van der Waals surface area contributed by atoms with E-state index in [9.17, 15) is 0 Å². The normalized spacial score (nSPS) is 10.2. The summed E-state index contributed by atoms with van der Waals surface area (Å²) in [6, 6.07) is 0. The first-order chi connectivity index (χ1) is 2.91. The Kier molecular flexibility index (Phi) is 4.06. The first-order valence-corrected chi connectivity index (χ1v) is 1.52. The van der Waals surface area contributed by atoms with Gasteiger partial charge in [-0.15, -0.1) is 0 Å². The molecule has 0 aromatic carbocycles. The van der Waals surface area contributed by atoms with Gasteiger partial charge in [0.25, 0.3) is 0 Å². The van der Waals surface area contributed by atoms with E-state index in [2.05, 4.69) is 10.7 Å². The Morgan fingerprint density at radius 1 is 1.83 bits per heavy atom. The van der Waals surface area contributed by atoms with Crippen LogP contribution < -0.4 is 5.90 Å². The van der Waals surface area contributed by atoms with Gasteiger partial charge < -0.3 is 9.94 Å². The van der Waals surface area contributed by atoms with Crippen molar-refractivity contribution in [2.24, 2.45) is 5.90 Å². The van der Waals surface area contributed by atoms with Crippen molar-refractivity contribution >= 4 is 0 Å². The molecule has 0 saturated carbocycles. The van der Waals surface area contributed by atoms with E-state index in [1.165, 1.54) is 6.08 Å². The third kappa shape index (κ3) is 3.46. The molecule has 0 saturated heterocycles. The SMILES string of the molecule is NOCC=CO. The molecule has 36 valence electrons. The molecule has 3 N–H and O–H groups in total. The fraction of sp³-hybridized carbons (Fsp3) is 0.333. The predicted molar refractivity (Wildman–Crippen MR) is 21.9 cm³/mol. The lowest BCUT2D eigenvalue weighted by molar-refractivity contribution is 0.166. The van der Waals surface area contributed by atoms with Gasteiger partial charge in [0.2, 0.25) is 0 Å². The van der Waals surface area contributed by atoms with Crippen LogP contribution in [0.4, 0.5) is 0 Å². The van der Waals surface area contributed by atoms with E-state index in [1.54, 1.807) is 0 Å². The smallest absolute Gasteiger partial charge is 0.0892 e. The lowest BCUT2D eigenvalue weighted by Crippen LogP contribution is -1.96. The molecule has 0 aliphatic carbocycles. The number of hydrogen-bond donors (Lipinski definition) is 2. The zero-order chi connectivity index (χ0) is 4.83. The summed E-state index contributed by atoms with van der Waals surface area (Å²) in [4.78, 5) is 4.04. The summed E-state index contributed by atoms with van der Waals surface area (Å²) < 4.78 is 0. The molecule has 0 unspecified atom stereocenters. The van der Waals surface area contributed by atoms with Crippen molar-refractivity contribution in [1.82, 2.24) is 0 Å². The molecule has 0 rings (SSSR count). The maximum Gasteiger partial charge on any atom is 0.0892 e. The highest BCUT2D eigenvalue weighted by Gasteiger charge is 1.64. The van der Waals surface area contributed by atoms with Crippen molar-refractivity contribution in [2.45, 2.75) is 0 Å². The van der Waals surface area contributed by atoms with Crippen LogP contribution in [0.3, 0.4) is 0 Å². The number of aliphatic hydroxyl groups excluding tert-OH is 1. The van der Waals surface area contributed by atoms with Gasteiger partial charge in [-0.2, -0.15) is 0 Å². The second kappa shape index (κ2) is 4.46. The molecular formula is C3H7NO2. The van der Waals surface area contributed by atoms with Crippen LogP contribution in [-0.4, -0.2) is 11.7 Å². The predicted octanol–water partition coefficient (Wildman–Crippen LogP) is -0.0516. The third-order valence-electron chi connectivity index (χ3n) is 0.298. The van der Waals surface area contributed by atoms with Crippen LogP contribution in [0.5, 0.6) is 0 Å². The van der Waals surface area contributed by atoms with E-state index in [4.69, 9.17) is 5.11 Å². The van der Waals surface area contributed by atoms with Gasteiger partial charge in [0.1, 0.15) is 0 Å². The number of nitrogens with two attached hydrogens (primary N) is 1. The van der Waals surface area contributed by atoms with E-state index < -0.39 is 0 Å². The van der Waals surface area contributed by atoms with Crippen molar-refractivity contribution < 1.29 is 9.94 Å². The minimum Gasteiger partial charge on any atom is -0.516 e. The van der Waals surface area contributed by atoms with E-state index in [1.807, 2.05) is 0 Å². The summed E-state index contributed by atoms with van der Waals surface area (Å²) in [6.45, 7) is 0.260. The molecule has 0 radical (unpaired) electrons. The minimum atomic E-state index is 0.260. The molecule has 0 bridgehead atoms. The van der Waals surface area contributed by atoms with Gasteiger partial charge in [-0.3, -0.25) is 0 Å². The van der Waals surface area contributed by atoms with Crippen molar-refractivity contribution in [2.75, 3.05) is 6.61 Å². The van der Waals surface area contributed by atoms with E-state index in [-0.39, 0.29) is 6.61 Å². The monoisotopic (exact) mass is 89.0 g/mol. The van der Waals surface area contributed by atoms with Crippen LogP contribution in [0.2, 0.25) is 0 Å². The molecule has 3 nitrogen and oxygen atoms in total. The van der Waals surface area contributed by atoms with Crippen molar-refractivity contribution in [3.05, 3.63) is 12.3 Å². The van der Waals surface area contributed by atoms with Crippen LogP contribution in [-0.2, 0) is 4.84 Å². The Hall–Kier alpha value is -0.540. The maximum atomic E-state index is 7.88. The average Bonchev–Trinajstić information content (AvgIpc) is 1.61. The average molecular weight is 89.1 g/mol. The topological polar surface area (TPSA) is 55.5 Å². The Balaban J connectivity index is 2.66. The highest BCUT2D eigenvalue weighted by Crippen LogP contribution is 1.63.